The van der Waals surface area contributed by atoms with E-state index in [2.05, 4.69) is 44.9 Å². The van der Waals surface area contributed by atoms with E-state index in [9.17, 15) is 19.2 Å². The van der Waals surface area contributed by atoms with Crippen molar-refractivity contribution in [3.63, 3.8) is 0 Å². The van der Waals surface area contributed by atoms with Crippen molar-refractivity contribution < 1.29 is 42.9 Å². The van der Waals surface area contributed by atoms with E-state index in [4.69, 9.17) is 23.7 Å². The van der Waals surface area contributed by atoms with Gasteiger partial charge in [0.1, 0.15) is 34.3 Å². The van der Waals surface area contributed by atoms with E-state index in [0.29, 0.717) is 55.9 Å². The van der Waals surface area contributed by atoms with Crippen LogP contribution in [-0.4, -0.2) is 125 Å². The number of thioether (sulfide) groups is 2. The highest BCUT2D eigenvalue weighted by Crippen LogP contribution is 2.32. The minimum atomic E-state index is -0.446. The third-order valence-corrected chi connectivity index (χ3v) is 11.1. The molecule has 304 valence electrons. The normalized spacial score (nSPS) is 14.1. The Morgan fingerprint density at radius 1 is 0.868 bits per heavy atom. The number of aromatic nitrogens is 3. The number of ether oxygens (including phenoxy) is 5. The molecular formula is C37H67BN4O9S2. The van der Waals surface area contributed by atoms with Gasteiger partial charge < -0.3 is 23.7 Å². The average Bonchev–Trinajstić information content (AvgIpc) is 3.54. The molecule has 1 heterocycles. The lowest BCUT2D eigenvalue weighted by Crippen LogP contribution is -2.30. The first-order valence-electron chi connectivity index (χ1n) is 19.1. The van der Waals surface area contributed by atoms with E-state index in [-0.39, 0.29) is 73.3 Å². The second-order valence-electron chi connectivity index (χ2n) is 15.0. The molecule has 0 aliphatic carbocycles. The van der Waals surface area contributed by atoms with Crippen molar-refractivity contribution >= 4 is 55.2 Å². The zero-order chi connectivity index (χ0) is 39.9. The number of aryl methyl sites for hydroxylation is 1. The minimum Gasteiger partial charge on any atom is -0.462 e. The van der Waals surface area contributed by atoms with Crippen LogP contribution in [0.4, 0.5) is 0 Å². The van der Waals surface area contributed by atoms with E-state index in [0.717, 1.165) is 25.0 Å². The van der Waals surface area contributed by atoms with Crippen LogP contribution in [0.1, 0.15) is 100 Å². The second kappa shape index (κ2) is 26.5. The number of carbonyl (C=O) groups is 4. The Bertz CT molecular complexity index is 1220. The highest BCUT2D eigenvalue weighted by atomic mass is 32.2. The second-order valence-corrected chi connectivity index (χ2v) is 17.9. The fraction of sp³-hybridized carbons (Fsp3) is 0.838. The number of hydrogen-bond donors (Lipinski definition) is 0. The van der Waals surface area contributed by atoms with E-state index in [1.165, 1.54) is 0 Å². The highest BCUT2D eigenvalue weighted by molar-refractivity contribution is 8.00. The van der Waals surface area contributed by atoms with Crippen molar-refractivity contribution in [2.45, 2.75) is 118 Å². The fourth-order valence-corrected chi connectivity index (χ4v) is 7.56. The number of nitrogens with zero attached hydrogens (tertiary/aromatic N) is 4. The molecule has 0 N–H and O–H groups in total. The van der Waals surface area contributed by atoms with Gasteiger partial charge in [-0.25, -0.2) is 0 Å². The number of esters is 4. The van der Waals surface area contributed by atoms with E-state index in [1.54, 1.807) is 28.2 Å². The summed E-state index contributed by atoms with van der Waals surface area (Å²) in [5.74, 6) is 0.919. The number of carbonyl (C=O) groups excluding carboxylic acids is 4. The molecule has 1 rings (SSSR count). The summed E-state index contributed by atoms with van der Waals surface area (Å²) in [6.07, 6.45) is 4.82. The molecular weight excluding hydrogens is 719 g/mol. The van der Waals surface area contributed by atoms with Crippen LogP contribution in [0.25, 0.3) is 0 Å². The van der Waals surface area contributed by atoms with Gasteiger partial charge in [0.25, 0.3) is 0 Å². The van der Waals surface area contributed by atoms with Crippen LogP contribution in [0, 0.1) is 17.8 Å². The molecule has 53 heavy (non-hydrogen) atoms. The number of rotatable bonds is 30. The molecule has 0 aromatic carbocycles. The van der Waals surface area contributed by atoms with Crippen molar-refractivity contribution in [2.75, 3.05) is 63.4 Å². The van der Waals surface area contributed by atoms with Crippen molar-refractivity contribution in [1.82, 2.24) is 19.9 Å². The Labute approximate surface area is 327 Å². The lowest BCUT2D eigenvalue weighted by Gasteiger charge is -2.27. The zero-order valence-corrected chi connectivity index (χ0v) is 35.7. The Balaban J connectivity index is 2.62. The van der Waals surface area contributed by atoms with Crippen molar-refractivity contribution in [1.29, 1.82) is 0 Å². The van der Waals surface area contributed by atoms with Crippen LogP contribution < -0.4 is 0 Å². The van der Waals surface area contributed by atoms with Crippen LogP contribution >= 0.6 is 23.5 Å². The average molecular weight is 787 g/mol. The molecule has 0 radical (unpaired) electrons. The van der Waals surface area contributed by atoms with Gasteiger partial charge in [-0.05, 0) is 44.8 Å². The molecule has 13 nitrogen and oxygen atoms in total. The molecule has 0 bridgehead atoms. The first kappa shape index (κ1) is 48.7. The molecule has 1 aromatic heterocycles. The van der Waals surface area contributed by atoms with Gasteiger partial charge in [-0.2, -0.15) is 23.5 Å². The minimum absolute atomic E-state index is 0.00418. The molecule has 16 heteroatoms. The first-order valence-corrected chi connectivity index (χ1v) is 21.2. The summed E-state index contributed by atoms with van der Waals surface area (Å²) in [6, 6.07) is 0. The monoisotopic (exact) mass is 786 g/mol. The summed E-state index contributed by atoms with van der Waals surface area (Å²) in [6.45, 7) is 20.6. The SMILES string of the molecule is BC(C)(CCn1cc(CN(CCC(=O)OCCOC(=O)C(C)CSCCC)CCC(=O)OCCOC(=O)C(C)CSC(C)(C)CC(C)C)nn1)OCC. The Hall–Kier alpha value is -2.30. The standard InChI is InChI=1S/C37H67BN4O9S2/c1-10-22-52-26-29(5)34(45)49-20-18-47-32(43)12-15-41(24-31-25-42(40-39-31)17-14-37(9,38)51-11-2)16-13-33(44)48-19-21-50-35(46)30(6)27-53-36(7,8)23-28(3)4/h25,28-30H,10-24,26-27,38H2,1-9H3. The lowest BCUT2D eigenvalue weighted by atomic mass is 9.80. The molecule has 0 fully saturated rings. The van der Waals surface area contributed by atoms with Crippen LogP contribution in [0.5, 0.6) is 0 Å². The molecule has 0 saturated carbocycles. The van der Waals surface area contributed by atoms with Crippen molar-refractivity contribution in [2.24, 2.45) is 17.8 Å². The van der Waals surface area contributed by atoms with Gasteiger partial charge in [-0.15, -0.1) is 5.10 Å². The number of hydrogen-bond acceptors (Lipinski definition) is 14. The van der Waals surface area contributed by atoms with Crippen LogP contribution in [0.3, 0.4) is 0 Å². The maximum atomic E-state index is 12.6. The predicted molar refractivity (Wildman–Crippen MR) is 213 cm³/mol. The molecule has 0 aliphatic rings. The maximum absolute atomic E-state index is 12.6. The van der Waals surface area contributed by atoms with Gasteiger partial charge >= 0.3 is 23.9 Å². The molecule has 0 amide bonds. The van der Waals surface area contributed by atoms with Gasteiger partial charge in [0.2, 0.25) is 0 Å². The van der Waals surface area contributed by atoms with E-state index in [1.807, 2.05) is 46.6 Å². The molecule has 0 saturated heterocycles. The van der Waals surface area contributed by atoms with Crippen molar-refractivity contribution in [3.8, 4) is 0 Å². The lowest BCUT2D eigenvalue weighted by molar-refractivity contribution is -0.154. The molecule has 3 atom stereocenters. The van der Waals surface area contributed by atoms with Crippen LogP contribution in [0.2, 0.25) is 0 Å². The summed E-state index contributed by atoms with van der Waals surface area (Å²) < 4.78 is 28.9. The van der Waals surface area contributed by atoms with Crippen LogP contribution in [0.15, 0.2) is 6.20 Å². The van der Waals surface area contributed by atoms with Gasteiger partial charge in [0.15, 0.2) is 0 Å². The molecule has 3 unspecified atom stereocenters. The maximum Gasteiger partial charge on any atom is 0.309 e. The van der Waals surface area contributed by atoms with E-state index < -0.39 is 11.9 Å². The van der Waals surface area contributed by atoms with Gasteiger partial charge in [0, 0.05) is 60.7 Å². The smallest absolute Gasteiger partial charge is 0.309 e. The topological polar surface area (TPSA) is 148 Å². The van der Waals surface area contributed by atoms with Crippen LogP contribution in [-0.2, 0) is 56.0 Å². The summed E-state index contributed by atoms with van der Waals surface area (Å²) >= 11 is 3.48. The third kappa shape index (κ3) is 24.0. The summed E-state index contributed by atoms with van der Waals surface area (Å²) in [4.78, 5) is 51.8. The summed E-state index contributed by atoms with van der Waals surface area (Å²) in [7, 11) is 2.03. The highest BCUT2D eigenvalue weighted by Gasteiger charge is 2.24. The molecule has 0 aliphatic heterocycles. The third-order valence-electron chi connectivity index (χ3n) is 8.04. The zero-order valence-electron chi connectivity index (χ0n) is 34.1. The van der Waals surface area contributed by atoms with Gasteiger partial charge in [-0.3, -0.25) is 28.8 Å². The summed E-state index contributed by atoms with van der Waals surface area (Å²) in [5, 5.41) is 8.55. The van der Waals surface area contributed by atoms with Gasteiger partial charge in [-0.1, -0.05) is 53.7 Å². The van der Waals surface area contributed by atoms with E-state index >= 15 is 0 Å². The van der Waals surface area contributed by atoms with Crippen molar-refractivity contribution in [3.05, 3.63) is 11.9 Å². The molecule has 1 aromatic rings. The molecule has 0 spiro atoms. The van der Waals surface area contributed by atoms with Gasteiger partial charge in [0.05, 0.1) is 30.4 Å². The summed E-state index contributed by atoms with van der Waals surface area (Å²) in [5.41, 5.74) is 0.392. The quantitative estimate of drug-likeness (QED) is 0.0456. The Morgan fingerprint density at radius 3 is 1.94 bits per heavy atom. The Morgan fingerprint density at radius 2 is 1.42 bits per heavy atom. The fourth-order valence-electron chi connectivity index (χ4n) is 5.32. The largest absolute Gasteiger partial charge is 0.462 e. The first-order chi connectivity index (χ1) is 25.0. The Kier molecular flexibility index (Phi) is 24.4. The predicted octanol–water partition coefficient (Wildman–Crippen LogP) is 4.78.